The Morgan fingerprint density at radius 2 is 2.05 bits per heavy atom. The summed E-state index contributed by atoms with van der Waals surface area (Å²) in [6, 6.07) is 3.66. The van der Waals surface area contributed by atoms with Crippen molar-refractivity contribution in [2.24, 2.45) is 0 Å². The summed E-state index contributed by atoms with van der Waals surface area (Å²) in [5.41, 5.74) is 0.735. The molecule has 1 saturated heterocycles. The predicted molar refractivity (Wildman–Crippen MR) is 80.3 cm³/mol. The standard InChI is InChI=1S/C15H17F2N3S/c1-10(20-6-4-18-5-7-20)15-19-14(9-21-15)12-8-11(16)2-3-13(12)17/h2-3,8-10,18H,4-7H2,1H3. The van der Waals surface area contributed by atoms with E-state index in [0.29, 0.717) is 5.69 Å². The van der Waals surface area contributed by atoms with Crippen LogP contribution in [0.15, 0.2) is 23.6 Å². The van der Waals surface area contributed by atoms with Gasteiger partial charge in [0.05, 0.1) is 11.7 Å². The molecule has 1 unspecified atom stereocenters. The minimum Gasteiger partial charge on any atom is -0.314 e. The van der Waals surface area contributed by atoms with Crippen LogP contribution in [0.5, 0.6) is 0 Å². The van der Waals surface area contributed by atoms with Crippen LogP contribution in [0.4, 0.5) is 8.78 Å². The number of thiazole rings is 1. The van der Waals surface area contributed by atoms with Crippen molar-refractivity contribution in [1.29, 1.82) is 0 Å². The van der Waals surface area contributed by atoms with Crippen LogP contribution in [-0.2, 0) is 0 Å². The summed E-state index contributed by atoms with van der Waals surface area (Å²) in [5, 5.41) is 6.05. The fourth-order valence-corrected chi connectivity index (χ4v) is 3.43. The molecular weight excluding hydrogens is 292 g/mol. The number of rotatable bonds is 3. The van der Waals surface area contributed by atoms with E-state index in [1.807, 2.05) is 0 Å². The third-order valence-corrected chi connectivity index (χ3v) is 4.80. The van der Waals surface area contributed by atoms with E-state index in [1.54, 1.807) is 5.38 Å². The van der Waals surface area contributed by atoms with E-state index in [1.165, 1.54) is 17.4 Å². The van der Waals surface area contributed by atoms with Gasteiger partial charge in [0.2, 0.25) is 0 Å². The molecular formula is C15H17F2N3S. The van der Waals surface area contributed by atoms with Crippen molar-refractivity contribution >= 4 is 11.3 Å². The number of piperazine rings is 1. The Morgan fingerprint density at radius 1 is 1.29 bits per heavy atom. The second kappa shape index (κ2) is 6.17. The Hall–Kier alpha value is -1.37. The quantitative estimate of drug-likeness (QED) is 0.944. The highest BCUT2D eigenvalue weighted by Crippen LogP contribution is 2.30. The van der Waals surface area contributed by atoms with Crippen molar-refractivity contribution < 1.29 is 8.78 Å². The van der Waals surface area contributed by atoms with Crippen LogP contribution in [0.2, 0.25) is 0 Å². The van der Waals surface area contributed by atoms with E-state index in [0.717, 1.165) is 43.3 Å². The van der Waals surface area contributed by atoms with E-state index < -0.39 is 11.6 Å². The van der Waals surface area contributed by atoms with Gasteiger partial charge >= 0.3 is 0 Å². The molecule has 112 valence electrons. The Balaban J connectivity index is 1.84. The average molecular weight is 309 g/mol. The third-order valence-electron chi connectivity index (χ3n) is 3.78. The first-order chi connectivity index (χ1) is 10.1. The molecule has 0 spiro atoms. The highest BCUT2D eigenvalue weighted by Gasteiger charge is 2.21. The maximum absolute atomic E-state index is 13.8. The molecule has 2 heterocycles. The minimum absolute atomic E-state index is 0.197. The van der Waals surface area contributed by atoms with Crippen LogP contribution in [0, 0.1) is 11.6 Å². The lowest BCUT2D eigenvalue weighted by Crippen LogP contribution is -2.44. The van der Waals surface area contributed by atoms with Crippen LogP contribution in [0.25, 0.3) is 11.3 Å². The van der Waals surface area contributed by atoms with Gasteiger partial charge in [-0.15, -0.1) is 11.3 Å². The van der Waals surface area contributed by atoms with Gasteiger partial charge in [-0.2, -0.15) is 0 Å². The summed E-state index contributed by atoms with van der Waals surface area (Å²) >= 11 is 1.50. The zero-order chi connectivity index (χ0) is 14.8. The molecule has 1 atom stereocenters. The van der Waals surface area contributed by atoms with Crippen molar-refractivity contribution in [2.45, 2.75) is 13.0 Å². The molecule has 1 aliphatic heterocycles. The Bertz CT molecular complexity index is 623. The highest BCUT2D eigenvalue weighted by atomic mass is 32.1. The Morgan fingerprint density at radius 3 is 2.81 bits per heavy atom. The normalized spacial score (nSPS) is 17.9. The van der Waals surface area contributed by atoms with Gasteiger partial charge in [0, 0.05) is 37.1 Å². The fourth-order valence-electron chi connectivity index (χ4n) is 2.52. The minimum atomic E-state index is -0.448. The lowest BCUT2D eigenvalue weighted by atomic mass is 10.1. The molecule has 3 nitrogen and oxygen atoms in total. The zero-order valence-corrected chi connectivity index (χ0v) is 12.6. The molecule has 1 aromatic heterocycles. The van der Waals surface area contributed by atoms with Crippen LogP contribution in [-0.4, -0.2) is 36.1 Å². The number of hydrogen-bond donors (Lipinski definition) is 1. The van der Waals surface area contributed by atoms with Gasteiger partial charge in [0.1, 0.15) is 16.6 Å². The molecule has 0 aliphatic carbocycles. The van der Waals surface area contributed by atoms with Crippen molar-refractivity contribution in [1.82, 2.24) is 15.2 Å². The molecule has 1 N–H and O–H groups in total. The van der Waals surface area contributed by atoms with E-state index >= 15 is 0 Å². The van der Waals surface area contributed by atoms with E-state index in [4.69, 9.17) is 0 Å². The summed E-state index contributed by atoms with van der Waals surface area (Å²) in [4.78, 5) is 6.86. The molecule has 6 heteroatoms. The zero-order valence-electron chi connectivity index (χ0n) is 11.8. The molecule has 0 amide bonds. The summed E-state index contributed by atoms with van der Waals surface area (Å²) in [6.45, 7) is 6.01. The smallest absolute Gasteiger partial charge is 0.132 e. The van der Waals surface area contributed by atoms with Gasteiger partial charge in [0.15, 0.2) is 0 Å². The number of aromatic nitrogens is 1. The maximum atomic E-state index is 13.8. The van der Waals surface area contributed by atoms with Gasteiger partial charge < -0.3 is 5.32 Å². The lowest BCUT2D eigenvalue weighted by molar-refractivity contribution is 0.185. The first-order valence-electron chi connectivity index (χ1n) is 7.01. The first kappa shape index (κ1) is 14.6. The molecule has 3 rings (SSSR count). The van der Waals surface area contributed by atoms with Crippen molar-refractivity contribution in [3.05, 3.63) is 40.2 Å². The van der Waals surface area contributed by atoms with Crippen LogP contribution >= 0.6 is 11.3 Å². The highest BCUT2D eigenvalue weighted by molar-refractivity contribution is 7.10. The topological polar surface area (TPSA) is 28.2 Å². The largest absolute Gasteiger partial charge is 0.314 e. The summed E-state index contributed by atoms with van der Waals surface area (Å²) in [5.74, 6) is -0.890. The van der Waals surface area contributed by atoms with Gasteiger partial charge in [-0.1, -0.05) is 0 Å². The summed E-state index contributed by atoms with van der Waals surface area (Å²) in [7, 11) is 0. The third kappa shape index (κ3) is 3.12. The summed E-state index contributed by atoms with van der Waals surface area (Å²) in [6.07, 6.45) is 0. The van der Waals surface area contributed by atoms with Gasteiger partial charge in [-0.25, -0.2) is 13.8 Å². The number of nitrogens with one attached hydrogen (secondary N) is 1. The van der Waals surface area contributed by atoms with Crippen LogP contribution in [0.3, 0.4) is 0 Å². The molecule has 1 fully saturated rings. The van der Waals surface area contributed by atoms with E-state index in [2.05, 4.69) is 22.1 Å². The number of halogens is 2. The molecule has 0 bridgehead atoms. The second-order valence-corrected chi connectivity index (χ2v) is 6.05. The average Bonchev–Trinajstić information content (AvgIpc) is 2.99. The van der Waals surface area contributed by atoms with Crippen LogP contribution < -0.4 is 5.32 Å². The maximum Gasteiger partial charge on any atom is 0.132 e. The molecule has 0 saturated carbocycles. The van der Waals surface area contributed by atoms with E-state index in [9.17, 15) is 8.78 Å². The van der Waals surface area contributed by atoms with Crippen molar-refractivity contribution in [3.63, 3.8) is 0 Å². The second-order valence-electron chi connectivity index (χ2n) is 5.16. The Kier molecular flexibility index (Phi) is 4.28. The monoisotopic (exact) mass is 309 g/mol. The van der Waals surface area contributed by atoms with Gasteiger partial charge in [0.25, 0.3) is 0 Å². The summed E-state index contributed by atoms with van der Waals surface area (Å²) < 4.78 is 27.1. The lowest BCUT2D eigenvalue weighted by Gasteiger charge is -2.31. The molecule has 2 aromatic rings. The predicted octanol–water partition coefficient (Wildman–Crippen LogP) is 3.05. The van der Waals surface area contributed by atoms with E-state index in [-0.39, 0.29) is 11.6 Å². The number of benzene rings is 1. The fraction of sp³-hybridized carbons (Fsp3) is 0.400. The number of nitrogens with zero attached hydrogens (tertiary/aromatic N) is 2. The Labute approximate surface area is 126 Å². The molecule has 21 heavy (non-hydrogen) atoms. The number of hydrogen-bond acceptors (Lipinski definition) is 4. The van der Waals surface area contributed by atoms with Crippen molar-refractivity contribution in [2.75, 3.05) is 26.2 Å². The van der Waals surface area contributed by atoms with Gasteiger partial charge in [-0.05, 0) is 25.1 Å². The SMILES string of the molecule is CC(c1nc(-c2cc(F)ccc2F)cs1)N1CCNCC1. The molecule has 0 radical (unpaired) electrons. The first-order valence-corrected chi connectivity index (χ1v) is 7.89. The van der Waals surface area contributed by atoms with Crippen molar-refractivity contribution in [3.8, 4) is 11.3 Å². The molecule has 1 aliphatic rings. The van der Waals surface area contributed by atoms with Crippen LogP contribution in [0.1, 0.15) is 18.0 Å². The van der Waals surface area contributed by atoms with Gasteiger partial charge in [-0.3, -0.25) is 4.90 Å². The molecule has 1 aromatic carbocycles.